The highest BCUT2D eigenvalue weighted by atomic mass is 35.5. The average Bonchev–Trinajstić information content (AvgIpc) is 3.14. The SMILES string of the molecule is N#Cc1cccc(Cn2c(C(F)(F)F)nc3c(NC(=O)c4c(Cl)cccc4Cl)cccc32)c1. The molecule has 166 valence electrons. The molecule has 0 saturated heterocycles. The van der Waals surface area contributed by atoms with E-state index in [1.165, 1.54) is 36.4 Å². The Morgan fingerprint density at radius 1 is 1.06 bits per heavy atom. The molecule has 0 radical (unpaired) electrons. The lowest BCUT2D eigenvalue weighted by atomic mass is 10.1. The van der Waals surface area contributed by atoms with Crippen molar-refractivity contribution in [2.45, 2.75) is 12.7 Å². The fourth-order valence-corrected chi connectivity index (χ4v) is 4.01. The number of aromatic nitrogens is 2. The Labute approximate surface area is 196 Å². The standard InChI is InChI=1S/C23H13Cl2F3N4O/c24-15-6-2-7-16(25)19(15)21(33)30-17-8-3-9-18-20(17)31-22(23(26,27)28)32(18)12-14-5-1-4-13(10-14)11-29/h1-10H,12H2,(H,30,33). The van der Waals surface area contributed by atoms with Crippen LogP contribution in [0.1, 0.15) is 27.3 Å². The summed E-state index contributed by atoms with van der Waals surface area (Å²) >= 11 is 12.2. The number of alkyl halides is 3. The summed E-state index contributed by atoms with van der Waals surface area (Å²) in [6.07, 6.45) is -4.75. The number of amides is 1. The molecule has 0 unspecified atom stereocenters. The fraction of sp³-hybridized carbons (Fsp3) is 0.0870. The summed E-state index contributed by atoms with van der Waals surface area (Å²) in [6.45, 7) is -0.172. The van der Waals surface area contributed by atoms with Crippen molar-refractivity contribution < 1.29 is 18.0 Å². The average molecular weight is 489 g/mol. The summed E-state index contributed by atoms with van der Waals surface area (Å²) in [6, 6.07) is 17.2. The van der Waals surface area contributed by atoms with Crippen molar-refractivity contribution in [3.8, 4) is 6.07 Å². The summed E-state index contributed by atoms with van der Waals surface area (Å²) in [5, 5.41) is 11.9. The van der Waals surface area contributed by atoms with Gasteiger partial charge in [0, 0.05) is 6.54 Å². The Morgan fingerprint density at radius 2 is 1.73 bits per heavy atom. The number of hydrogen-bond acceptors (Lipinski definition) is 3. The normalized spacial score (nSPS) is 11.4. The highest BCUT2D eigenvalue weighted by Gasteiger charge is 2.38. The maximum absolute atomic E-state index is 13.8. The molecule has 0 aliphatic heterocycles. The number of para-hydroxylation sites is 1. The molecule has 4 rings (SSSR count). The number of rotatable bonds is 4. The molecule has 1 amide bonds. The van der Waals surface area contributed by atoms with E-state index in [9.17, 15) is 18.0 Å². The Kier molecular flexibility index (Phi) is 6.02. The van der Waals surface area contributed by atoms with Crippen LogP contribution in [0.5, 0.6) is 0 Å². The van der Waals surface area contributed by atoms with Crippen molar-refractivity contribution >= 4 is 45.8 Å². The van der Waals surface area contributed by atoms with E-state index in [4.69, 9.17) is 28.5 Å². The van der Waals surface area contributed by atoms with Gasteiger partial charge >= 0.3 is 6.18 Å². The molecular formula is C23H13Cl2F3N4O. The van der Waals surface area contributed by atoms with Gasteiger partial charge in [-0.3, -0.25) is 4.79 Å². The molecular weight excluding hydrogens is 476 g/mol. The van der Waals surface area contributed by atoms with E-state index in [1.807, 2.05) is 6.07 Å². The molecule has 5 nitrogen and oxygen atoms in total. The number of anilines is 1. The summed E-state index contributed by atoms with van der Waals surface area (Å²) in [4.78, 5) is 16.6. The maximum Gasteiger partial charge on any atom is 0.449 e. The number of benzene rings is 3. The monoisotopic (exact) mass is 488 g/mol. The van der Waals surface area contributed by atoms with Gasteiger partial charge in [-0.15, -0.1) is 0 Å². The number of hydrogen-bond donors (Lipinski definition) is 1. The fourth-order valence-electron chi connectivity index (χ4n) is 3.45. The van der Waals surface area contributed by atoms with Crippen LogP contribution < -0.4 is 5.32 Å². The van der Waals surface area contributed by atoms with E-state index >= 15 is 0 Å². The van der Waals surface area contributed by atoms with Gasteiger partial charge in [0.15, 0.2) is 0 Å². The third-order valence-electron chi connectivity index (χ3n) is 4.87. The van der Waals surface area contributed by atoms with Crippen LogP contribution in [0.25, 0.3) is 11.0 Å². The summed E-state index contributed by atoms with van der Waals surface area (Å²) in [5.74, 6) is -1.81. The van der Waals surface area contributed by atoms with Crippen molar-refractivity contribution in [1.82, 2.24) is 9.55 Å². The van der Waals surface area contributed by atoms with Gasteiger partial charge in [-0.05, 0) is 42.0 Å². The minimum Gasteiger partial charge on any atom is -0.320 e. The van der Waals surface area contributed by atoms with E-state index in [0.29, 0.717) is 11.1 Å². The number of fused-ring (bicyclic) bond motifs is 1. The Morgan fingerprint density at radius 3 is 2.39 bits per heavy atom. The summed E-state index contributed by atoms with van der Waals surface area (Å²) in [7, 11) is 0. The summed E-state index contributed by atoms with van der Waals surface area (Å²) in [5.41, 5.74) is 1.02. The van der Waals surface area contributed by atoms with Gasteiger partial charge in [-0.2, -0.15) is 18.4 Å². The molecule has 1 heterocycles. The van der Waals surface area contributed by atoms with Crippen LogP contribution in [0.2, 0.25) is 10.0 Å². The van der Waals surface area contributed by atoms with Crippen LogP contribution in [-0.2, 0) is 12.7 Å². The van der Waals surface area contributed by atoms with Crippen LogP contribution >= 0.6 is 23.2 Å². The Balaban J connectivity index is 1.81. The molecule has 0 bridgehead atoms. The predicted molar refractivity (Wildman–Crippen MR) is 119 cm³/mol. The maximum atomic E-state index is 13.8. The first kappa shape index (κ1) is 22.6. The molecule has 10 heteroatoms. The first-order valence-corrected chi connectivity index (χ1v) is 10.3. The molecule has 3 aromatic carbocycles. The van der Waals surface area contributed by atoms with Gasteiger partial charge in [0.25, 0.3) is 5.91 Å². The second-order valence-corrected chi connectivity index (χ2v) is 7.87. The Hall–Kier alpha value is -3.54. The lowest BCUT2D eigenvalue weighted by Crippen LogP contribution is -2.15. The van der Waals surface area contributed by atoms with Crippen molar-refractivity contribution in [3.63, 3.8) is 0 Å². The van der Waals surface area contributed by atoms with Crippen LogP contribution in [0.15, 0.2) is 60.7 Å². The molecule has 33 heavy (non-hydrogen) atoms. The zero-order valence-corrected chi connectivity index (χ0v) is 18.1. The van der Waals surface area contributed by atoms with Crippen molar-refractivity contribution in [1.29, 1.82) is 5.26 Å². The van der Waals surface area contributed by atoms with E-state index in [-0.39, 0.29) is 38.9 Å². The first-order chi connectivity index (χ1) is 15.7. The number of nitriles is 1. The largest absolute Gasteiger partial charge is 0.449 e. The first-order valence-electron chi connectivity index (χ1n) is 9.50. The number of imidazole rings is 1. The number of nitrogens with one attached hydrogen (secondary N) is 1. The summed E-state index contributed by atoms with van der Waals surface area (Å²) < 4.78 is 42.5. The van der Waals surface area contributed by atoms with Crippen LogP contribution in [0.3, 0.4) is 0 Å². The minimum absolute atomic E-state index is 0.00151. The van der Waals surface area contributed by atoms with Gasteiger partial charge in [0.1, 0.15) is 5.52 Å². The van der Waals surface area contributed by atoms with E-state index < -0.39 is 17.9 Å². The minimum atomic E-state index is -4.75. The number of carbonyl (C=O) groups is 1. The van der Waals surface area contributed by atoms with E-state index in [0.717, 1.165) is 4.57 Å². The zero-order chi connectivity index (χ0) is 23.8. The van der Waals surface area contributed by atoms with Gasteiger partial charge < -0.3 is 9.88 Å². The van der Waals surface area contributed by atoms with Crippen LogP contribution in [-0.4, -0.2) is 15.5 Å². The molecule has 1 aromatic heterocycles. The highest BCUT2D eigenvalue weighted by molar-refractivity contribution is 6.40. The third kappa shape index (κ3) is 4.51. The molecule has 1 N–H and O–H groups in total. The topological polar surface area (TPSA) is 70.7 Å². The molecule has 0 atom stereocenters. The van der Waals surface area contributed by atoms with Crippen LogP contribution in [0.4, 0.5) is 18.9 Å². The van der Waals surface area contributed by atoms with Crippen molar-refractivity contribution in [2.24, 2.45) is 0 Å². The lowest BCUT2D eigenvalue weighted by Gasteiger charge is -2.12. The third-order valence-corrected chi connectivity index (χ3v) is 5.50. The molecule has 4 aromatic rings. The number of carbonyl (C=O) groups excluding carboxylic acids is 1. The van der Waals surface area contributed by atoms with Crippen LogP contribution in [0, 0.1) is 11.3 Å². The predicted octanol–water partition coefficient (Wildman–Crippen LogP) is 6.53. The van der Waals surface area contributed by atoms with Gasteiger partial charge in [0.05, 0.1) is 38.4 Å². The quantitative estimate of drug-likeness (QED) is 0.354. The number of halogens is 5. The second kappa shape index (κ2) is 8.77. The Bertz CT molecular complexity index is 1400. The van der Waals surface area contributed by atoms with Gasteiger partial charge in [-0.1, -0.05) is 47.5 Å². The van der Waals surface area contributed by atoms with E-state index in [2.05, 4.69) is 10.3 Å². The molecule has 0 aliphatic rings. The lowest BCUT2D eigenvalue weighted by molar-refractivity contribution is -0.146. The number of nitrogens with zero attached hydrogens (tertiary/aromatic N) is 3. The highest BCUT2D eigenvalue weighted by Crippen LogP contribution is 2.35. The zero-order valence-electron chi connectivity index (χ0n) is 16.6. The molecule has 0 aliphatic carbocycles. The molecule has 0 saturated carbocycles. The van der Waals surface area contributed by atoms with Crippen molar-refractivity contribution in [3.05, 3.63) is 93.2 Å². The molecule has 0 fully saturated rings. The van der Waals surface area contributed by atoms with Gasteiger partial charge in [0.2, 0.25) is 5.82 Å². The van der Waals surface area contributed by atoms with Crippen molar-refractivity contribution in [2.75, 3.05) is 5.32 Å². The smallest absolute Gasteiger partial charge is 0.320 e. The molecule has 0 spiro atoms. The van der Waals surface area contributed by atoms with Gasteiger partial charge in [-0.25, -0.2) is 4.98 Å². The van der Waals surface area contributed by atoms with E-state index in [1.54, 1.807) is 24.3 Å². The second-order valence-electron chi connectivity index (χ2n) is 7.06.